The summed E-state index contributed by atoms with van der Waals surface area (Å²) in [6.45, 7) is 4.32. The lowest BCUT2D eigenvalue weighted by Crippen LogP contribution is -2.43. The molecule has 0 bridgehead atoms. The zero-order chi connectivity index (χ0) is 16.4. The molecule has 0 unspecified atom stereocenters. The van der Waals surface area contributed by atoms with Gasteiger partial charge >= 0.3 is 0 Å². The van der Waals surface area contributed by atoms with Gasteiger partial charge < -0.3 is 5.32 Å². The highest BCUT2D eigenvalue weighted by Gasteiger charge is 2.27. The van der Waals surface area contributed by atoms with E-state index < -0.39 is 0 Å². The van der Waals surface area contributed by atoms with Crippen LogP contribution in [-0.2, 0) is 6.42 Å². The summed E-state index contributed by atoms with van der Waals surface area (Å²) in [7, 11) is 0. The van der Waals surface area contributed by atoms with Crippen molar-refractivity contribution in [1.82, 2.24) is 5.32 Å². The zero-order valence-corrected chi connectivity index (χ0v) is 14.5. The van der Waals surface area contributed by atoms with Gasteiger partial charge in [0.15, 0.2) is 5.78 Å². The predicted molar refractivity (Wildman–Crippen MR) is 97.9 cm³/mol. The minimum Gasteiger partial charge on any atom is -0.379 e. The maximum Gasteiger partial charge on any atom is 0.187 e. The summed E-state index contributed by atoms with van der Waals surface area (Å²) >= 11 is 1.68. The summed E-state index contributed by atoms with van der Waals surface area (Å²) in [5.41, 5.74) is 3.99. The number of benzene rings is 2. The number of carbonyl (C=O) groups is 1. The first-order valence-electron chi connectivity index (χ1n) is 7.75. The van der Waals surface area contributed by atoms with E-state index in [0.29, 0.717) is 0 Å². The predicted octanol–water partition coefficient (Wildman–Crippen LogP) is 4.56. The molecule has 0 saturated heterocycles. The van der Waals surface area contributed by atoms with Crippen molar-refractivity contribution in [2.75, 3.05) is 6.26 Å². The number of thioether (sulfide) groups is 1. The molecule has 0 aromatic heterocycles. The van der Waals surface area contributed by atoms with Crippen molar-refractivity contribution in [2.45, 2.75) is 30.7 Å². The van der Waals surface area contributed by atoms with E-state index in [2.05, 4.69) is 37.4 Å². The van der Waals surface area contributed by atoms with Crippen LogP contribution in [0.3, 0.4) is 0 Å². The summed E-state index contributed by atoms with van der Waals surface area (Å²) in [5, 5.41) is 3.51. The molecule has 0 amide bonds. The van der Waals surface area contributed by atoms with Crippen LogP contribution in [0.4, 0.5) is 0 Å². The van der Waals surface area contributed by atoms with Crippen molar-refractivity contribution >= 4 is 23.2 Å². The first kappa shape index (κ1) is 15.9. The van der Waals surface area contributed by atoms with E-state index >= 15 is 0 Å². The lowest BCUT2D eigenvalue weighted by Gasteiger charge is -2.35. The third kappa shape index (κ3) is 3.50. The van der Waals surface area contributed by atoms with Gasteiger partial charge in [0, 0.05) is 33.3 Å². The molecule has 0 atom stereocenters. The SMILES string of the molecule is CSc1ccc(C(=O)/C=C2\NC(C)(C)Cc3ccccc32)cc1. The van der Waals surface area contributed by atoms with Crippen LogP contribution in [0.2, 0.25) is 0 Å². The molecule has 1 heterocycles. The molecule has 2 nitrogen and oxygen atoms in total. The van der Waals surface area contributed by atoms with Gasteiger partial charge in [-0.3, -0.25) is 4.79 Å². The van der Waals surface area contributed by atoms with Crippen LogP contribution < -0.4 is 5.32 Å². The van der Waals surface area contributed by atoms with E-state index in [1.54, 1.807) is 17.8 Å². The summed E-state index contributed by atoms with van der Waals surface area (Å²) in [4.78, 5) is 13.8. The van der Waals surface area contributed by atoms with Gasteiger partial charge in [0.05, 0.1) is 0 Å². The fourth-order valence-electron chi connectivity index (χ4n) is 2.97. The van der Waals surface area contributed by atoms with E-state index in [1.165, 1.54) is 5.56 Å². The van der Waals surface area contributed by atoms with E-state index in [9.17, 15) is 4.79 Å². The van der Waals surface area contributed by atoms with Crippen LogP contribution in [0.5, 0.6) is 0 Å². The number of ketones is 1. The number of hydrogen-bond donors (Lipinski definition) is 1. The van der Waals surface area contributed by atoms with Crippen molar-refractivity contribution in [3.8, 4) is 0 Å². The molecule has 1 aliphatic rings. The van der Waals surface area contributed by atoms with Gasteiger partial charge in [-0.1, -0.05) is 24.3 Å². The molecule has 0 aliphatic carbocycles. The maximum absolute atomic E-state index is 12.6. The quantitative estimate of drug-likeness (QED) is 0.510. The van der Waals surface area contributed by atoms with Crippen molar-refractivity contribution in [1.29, 1.82) is 0 Å². The van der Waals surface area contributed by atoms with Gasteiger partial charge in [0.25, 0.3) is 0 Å². The lowest BCUT2D eigenvalue weighted by atomic mass is 9.85. The Labute approximate surface area is 142 Å². The van der Waals surface area contributed by atoms with Crippen LogP contribution in [0.1, 0.15) is 35.3 Å². The van der Waals surface area contributed by atoms with Gasteiger partial charge in [-0.2, -0.15) is 0 Å². The summed E-state index contributed by atoms with van der Waals surface area (Å²) < 4.78 is 0. The highest BCUT2D eigenvalue weighted by molar-refractivity contribution is 7.98. The number of hydrogen-bond acceptors (Lipinski definition) is 3. The molecule has 3 rings (SSSR count). The third-order valence-electron chi connectivity index (χ3n) is 4.06. The largest absolute Gasteiger partial charge is 0.379 e. The smallest absolute Gasteiger partial charge is 0.187 e. The fourth-order valence-corrected chi connectivity index (χ4v) is 3.38. The molecular weight excluding hydrogens is 302 g/mol. The lowest BCUT2D eigenvalue weighted by molar-refractivity contribution is 0.104. The number of allylic oxidation sites excluding steroid dienone is 1. The average Bonchev–Trinajstić information content (AvgIpc) is 2.54. The fraction of sp³-hybridized carbons (Fsp3) is 0.250. The standard InChI is InChI=1S/C20H21NOS/c1-20(2)13-15-6-4-5-7-17(15)18(21-20)12-19(22)14-8-10-16(23-3)11-9-14/h4-12,21H,13H2,1-3H3/b18-12-. The molecule has 2 aromatic rings. The molecule has 0 spiro atoms. The van der Waals surface area contributed by atoms with Crippen LogP contribution in [-0.4, -0.2) is 17.6 Å². The van der Waals surface area contributed by atoms with Crippen molar-refractivity contribution in [3.05, 3.63) is 71.3 Å². The maximum atomic E-state index is 12.6. The van der Waals surface area contributed by atoms with Crippen LogP contribution in [0.15, 0.2) is 59.5 Å². The van der Waals surface area contributed by atoms with Gasteiger partial charge in [-0.25, -0.2) is 0 Å². The molecule has 3 heteroatoms. The van der Waals surface area contributed by atoms with Gasteiger partial charge in [0.1, 0.15) is 0 Å². The normalized spacial score (nSPS) is 17.4. The Morgan fingerprint density at radius 1 is 1.13 bits per heavy atom. The second kappa shape index (κ2) is 6.25. The Balaban J connectivity index is 1.95. The highest BCUT2D eigenvalue weighted by atomic mass is 32.2. The second-order valence-electron chi connectivity index (χ2n) is 6.49. The first-order chi connectivity index (χ1) is 11.0. The highest BCUT2D eigenvalue weighted by Crippen LogP contribution is 2.29. The minimum absolute atomic E-state index is 0.0349. The Hall–Kier alpha value is -2.00. The Morgan fingerprint density at radius 3 is 2.52 bits per heavy atom. The van der Waals surface area contributed by atoms with E-state index in [1.807, 2.05) is 36.6 Å². The number of rotatable bonds is 3. The van der Waals surface area contributed by atoms with Crippen LogP contribution in [0.25, 0.3) is 5.70 Å². The topological polar surface area (TPSA) is 29.1 Å². The van der Waals surface area contributed by atoms with Crippen molar-refractivity contribution < 1.29 is 4.79 Å². The second-order valence-corrected chi connectivity index (χ2v) is 7.37. The Morgan fingerprint density at radius 2 is 1.83 bits per heavy atom. The van der Waals surface area contributed by atoms with Gasteiger partial charge in [-0.15, -0.1) is 11.8 Å². The summed E-state index contributed by atoms with van der Waals surface area (Å²) in [5.74, 6) is 0.0349. The minimum atomic E-state index is -0.0524. The molecule has 118 valence electrons. The van der Waals surface area contributed by atoms with E-state index in [0.717, 1.165) is 28.1 Å². The third-order valence-corrected chi connectivity index (χ3v) is 4.81. The summed E-state index contributed by atoms with van der Waals surface area (Å²) in [6, 6.07) is 16.1. The molecule has 2 aromatic carbocycles. The molecule has 1 N–H and O–H groups in total. The first-order valence-corrected chi connectivity index (χ1v) is 8.97. The monoisotopic (exact) mass is 323 g/mol. The van der Waals surface area contributed by atoms with Crippen LogP contribution >= 0.6 is 11.8 Å². The number of carbonyl (C=O) groups excluding carboxylic acids is 1. The molecular formula is C20H21NOS. The zero-order valence-electron chi connectivity index (χ0n) is 13.7. The number of fused-ring (bicyclic) bond motifs is 1. The Kier molecular flexibility index (Phi) is 4.31. The Bertz CT molecular complexity index is 759. The van der Waals surface area contributed by atoms with E-state index in [4.69, 9.17) is 0 Å². The summed E-state index contributed by atoms with van der Waals surface area (Å²) in [6.07, 6.45) is 4.72. The van der Waals surface area contributed by atoms with Crippen LogP contribution in [0, 0.1) is 0 Å². The molecule has 0 fully saturated rings. The van der Waals surface area contributed by atoms with Gasteiger partial charge in [-0.05, 0) is 56.4 Å². The average molecular weight is 323 g/mol. The van der Waals surface area contributed by atoms with Crippen molar-refractivity contribution in [2.24, 2.45) is 0 Å². The van der Waals surface area contributed by atoms with E-state index in [-0.39, 0.29) is 11.3 Å². The molecule has 0 radical (unpaired) electrons. The molecule has 0 saturated carbocycles. The van der Waals surface area contributed by atoms with Gasteiger partial charge in [0.2, 0.25) is 0 Å². The molecule has 1 aliphatic heterocycles. The van der Waals surface area contributed by atoms with Crippen molar-refractivity contribution in [3.63, 3.8) is 0 Å². The molecule has 23 heavy (non-hydrogen) atoms. The number of nitrogens with one attached hydrogen (secondary N) is 1.